The van der Waals surface area contributed by atoms with Crippen LogP contribution in [0.15, 0.2) is 24.8 Å². The highest BCUT2D eigenvalue weighted by Crippen LogP contribution is 2.05. The fraction of sp³-hybridized carbons (Fsp3) is 0.273. The topological polar surface area (TPSA) is 81.9 Å². The highest BCUT2D eigenvalue weighted by atomic mass is 16.5. The highest BCUT2D eigenvalue weighted by molar-refractivity contribution is 5.92. The summed E-state index contributed by atoms with van der Waals surface area (Å²) in [5.74, 6) is 0.110. The van der Waals surface area contributed by atoms with Gasteiger partial charge in [0, 0.05) is 25.2 Å². The highest BCUT2D eigenvalue weighted by Gasteiger charge is 2.10. The monoisotopic (exact) mass is 247 g/mol. The molecule has 0 aliphatic heterocycles. The second-order valence-electron chi connectivity index (χ2n) is 3.60. The summed E-state index contributed by atoms with van der Waals surface area (Å²) in [6, 6.07) is 1.62. The Hall–Kier alpha value is -2.28. The van der Waals surface area contributed by atoms with Crippen molar-refractivity contribution in [2.45, 2.75) is 6.92 Å². The van der Waals surface area contributed by atoms with Crippen molar-refractivity contribution in [3.8, 4) is 5.95 Å². The molecule has 2 rings (SSSR count). The Morgan fingerprint density at radius 1 is 1.50 bits per heavy atom. The van der Waals surface area contributed by atoms with E-state index in [2.05, 4.69) is 20.3 Å². The number of hydrogen-bond donors (Lipinski definition) is 1. The van der Waals surface area contributed by atoms with Crippen LogP contribution in [0.2, 0.25) is 0 Å². The molecular formula is C11H13N5O2. The molecule has 2 aromatic heterocycles. The first-order valence-corrected chi connectivity index (χ1v) is 5.32. The van der Waals surface area contributed by atoms with E-state index in [1.54, 1.807) is 36.3 Å². The van der Waals surface area contributed by atoms with E-state index >= 15 is 0 Å². The zero-order chi connectivity index (χ0) is 13.0. The summed E-state index contributed by atoms with van der Waals surface area (Å²) in [5, 5.41) is 2.57. The van der Waals surface area contributed by atoms with E-state index < -0.39 is 0 Å². The van der Waals surface area contributed by atoms with Gasteiger partial charge in [-0.2, -0.15) is 0 Å². The van der Waals surface area contributed by atoms with Crippen LogP contribution in [0.25, 0.3) is 5.95 Å². The largest absolute Gasteiger partial charge is 0.364 e. The Kier molecular flexibility index (Phi) is 3.63. The van der Waals surface area contributed by atoms with Crippen LogP contribution < -0.4 is 5.32 Å². The molecule has 0 atom stereocenters. The van der Waals surface area contributed by atoms with Crippen LogP contribution in [-0.2, 0) is 4.74 Å². The zero-order valence-electron chi connectivity index (χ0n) is 10.1. The summed E-state index contributed by atoms with van der Waals surface area (Å²) >= 11 is 0. The normalized spacial score (nSPS) is 10.3. The second-order valence-corrected chi connectivity index (χ2v) is 3.60. The van der Waals surface area contributed by atoms with Gasteiger partial charge in [-0.1, -0.05) is 0 Å². The predicted octanol–water partition coefficient (Wildman–Crippen LogP) is 0.304. The van der Waals surface area contributed by atoms with Gasteiger partial charge in [-0.25, -0.2) is 15.0 Å². The number of amides is 1. The van der Waals surface area contributed by atoms with Crippen LogP contribution in [0.4, 0.5) is 0 Å². The average molecular weight is 247 g/mol. The Balaban J connectivity index is 2.29. The van der Waals surface area contributed by atoms with Gasteiger partial charge in [0.05, 0.1) is 0 Å². The lowest BCUT2D eigenvalue weighted by Crippen LogP contribution is -2.26. The molecule has 7 heteroatoms. The van der Waals surface area contributed by atoms with E-state index in [0.29, 0.717) is 17.3 Å². The molecule has 0 unspecified atom stereocenters. The van der Waals surface area contributed by atoms with Crippen molar-refractivity contribution < 1.29 is 9.53 Å². The van der Waals surface area contributed by atoms with Crippen molar-refractivity contribution in [3.63, 3.8) is 0 Å². The quantitative estimate of drug-likeness (QED) is 0.786. The maximum Gasteiger partial charge on any atom is 0.271 e. The number of nitrogens with zero attached hydrogens (tertiary/aromatic N) is 4. The average Bonchev–Trinajstić information content (AvgIpc) is 2.89. The molecule has 0 bridgehead atoms. The number of rotatable bonds is 4. The standard InChI is InChI=1S/C11H13N5O2/c1-8-5-9(10(17)13-7-18-2)15-11(14-8)16-4-3-12-6-16/h3-6H,7H2,1-2H3,(H,13,17). The van der Waals surface area contributed by atoms with E-state index in [1.165, 1.54) is 7.11 Å². The minimum atomic E-state index is -0.302. The van der Waals surface area contributed by atoms with Crippen LogP contribution in [0, 0.1) is 6.92 Å². The Morgan fingerprint density at radius 3 is 3.00 bits per heavy atom. The molecule has 0 aromatic carbocycles. The Morgan fingerprint density at radius 2 is 2.33 bits per heavy atom. The number of ether oxygens (including phenoxy) is 1. The van der Waals surface area contributed by atoms with Gasteiger partial charge in [0.2, 0.25) is 5.95 Å². The van der Waals surface area contributed by atoms with E-state index in [1.807, 2.05) is 0 Å². The molecule has 18 heavy (non-hydrogen) atoms. The molecule has 7 nitrogen and oxygen atoms in total. The van der Waals surface area contributed by atoms with Gasteiger partial charge in [0.15, 0.2) is 0 Å². The number of aryl methyl sites for hydroxylation is 1. The molecule has 0 radical (unpaired) electrons. The van der Waals surface area contributed by atoms with Crippen LogP contribution in [-0.4, -0.2) is 39.3 Å². The summed E-state index contributed by atoms with van der Waals surface area (Å²) in [5.41, 5.74) is 1.000. The van der Waals surface area contributed by atoms with Gasteiger partial charge in [0.1, 0.15) is 18.8 Å². The summed E-state index contributed by atoms with van der Waals surface area (Å²) in [6.45, 7) is 1.94. The minimum Gasteiger partial charge on any atom is -0.364 e. The minimum absolute atomic E-state index is 0.141. The first-order valence-electron chi connectivity index (χ1n) is 5.32. The van der Waals surface area contributed by atoms with Crippen LogP contribution >= 0.6 is 0 Å². The molecule has 94 valence electrons. The molecule has 0 aliphatic rings. The first kappa shape index (κ1) is 12.2. The Bertz CT molecular complexity index is 538. The molecule has 0 saturated carbocycles. The molecule has 0 fully saturated rings. The van der Waals surface area contributed by atoms with E-state index in [9.17, 15) is 4.79 Å². The number of nitrogens with one attached hydrogen (secondary N) is 1. The third-order valence-corrected chi connectivity index (χ3v) is 2.19. The molecule has 0 saturated heterocycles. The predicted molar refractivity (Wildman–Crippen MR) is 63.2 cm³/mol. The van der Waals surface area contributed by atoms with E-state index in [-0.39, 0.29) is 12.6 Å². The van der Waals surface area contributed by atoms with Crippen molar-refractivity contribution in [3.05, 3.63) is 36.2 Å². The number of aromatic nitrogens is 4. The number of methoxy groups -OCH3 is 1. The van der Waals surface area contributed by atoms with Crippen LogP contribution in [0.1, 0.15) is 16.2 Å². The van der Waals surface area contributed by atoms with Crippen molar-refractivity contribution in [1.82, 2.24) is 24.8 Å². The van der Waals surface area contributed by atoms with Crippen molar-refractivity contribution >= 4 is 5.91 Å². The second kappa shape index (κ2) is 5.37. The zero-order valence-corrected chi connectivity index (χ0v) is 10.1. The van der Waals surface area contributed by atoms with Crippen molar-refractivity contribution in [1.29, 1.82) is 0 Å². The van der Waals surface area contributed by atoms with Gasteiger partial charge < -0.3 is 10.1 Å². The van der Waals surface area contributed by atoms with Gasteiger partial charge in [-0.15, -0.1) is 0 Å². The molecule has 1 N–H and O–H groups in total. The van der Waals surface area contributed by atoms with E-state index in [4.69, 9.17) is 4.74 Å². The molecule has 0 spiro atoms. The lowest BCUT2D eigenvalue weighted by Gasteiger charge is -2.06. The van der Waals surface area contributed by atoms with E-state index in [0.717, 1.165) is 0 Å². The summed E-state index contributed by atoms with van der Waals surface area (Å²) < 4.78 is 6.42. The number of carbonyl (C=O) groups is 1. The maximum absolute atomic E-state index is 11.8. The summed E-state index contributed by atoms with van der Waals surface area (Å²) in [6.07, 6.45) is 4.91. The third-order valence-electron chi connectivity index (χ3n) is 2.19. The SMILES string of the molecule is COCNC(=O)c1cc(C)nc(-n2ccnc2)n1. The molecule has 0 aliphatic carbocycles. The van der Waals surface area contributed by atoms with Crippen molar-refractivity contribution in [2.75, 3.05) is 13.8 Å². The summed E-state index contributed by atoms with van der Waals surface area (Å²) in [4.78, 5) is 24.1. The number of imidazole rings is 1. The number of carbonyl (C=O) groups excluding carboxylic acids is 1. The summed E-state index contributed by atoms with van der Waals surface area (Å²) in [7, 11) is 1.50. The molecule has 1 amide bonds. The number of hydrogen-bond acceptors (Lipinski definition) is 5. The molecule has 2 heterocycles. The lowest BCUT2D eigenvalue weighted by atomic mass is 10.3. The smallest absolute Gasteiger partial charge is 0.271 e. The van der Waals surface area contributed by atoms with Crippen molar-refractivity contribution in [2.24, 2.45) is 0 Å². The van der Waals surface area contributed by atoms with Crippen LogP contribution in [0.5, 0.6) is 0 Å². The Labute approximate surface area is 104 Å². The van der Waals surface area contributed by atoms with Gasteiger partial charge >= 0.3 is 0 Å². The first-order chi connectivity index (χ1) is 8.70. The maximum atomic E-state index is 11.8. The third kappa shape index (κ3) is 2.69. The molecule has 2 aromatic rings. The fourth-order valence-corrected chi connectivity index (χ4v) is 1.39. The molecular weight excluding hydrogens is 234 g/mol. The van der Waals surface area contributed by atoms with Gasteiger partial charge in [-0.3, -0.25) is 9.36 Å². The lowest BCUT2D eigenvalue weighted by molar-refractivity contribution is 0.0867. The van der Waals surface area contributed by atoms with Crippen LogP contribution in [0.3, 0.4) is 0 Å². The van der Waals surface area contributed by atoms with Gasteiger partial charge in [-0.05, 0) is 13.0 Å². The fourth-order valence-electron chi connectivity index (χ4n) is 1.39. The van der Waals surface area contributed by atoms with Gasteiger partial charge in [0.25, 0.3) is 5.91 Å².